The van der Waals surface area contributed by atoms with Gasteiger partial charge >= 0.3 is 12.1 Å². The van der Waals surface area contributed by atoms with Gasteiger partial charge in [0.15, 0.2) is 0 Å². The average molecular weight is 563 g/mol. The molecule has 1 amide bonds. The van der Waals surface area contributed by atoms with E-state index in [1.165, 1.54) is 29.2 Å². The Hall–Kier alpha value is -3.11. The second-order valence-corrected chi connectivity index (χ2v) is 11.1. The molecule has 2 aliphatic rings. The summed E-state index contributed by atoms with van der Waals surface area (Å²) in [5.74, 6) is -1.55. The fourth-order valence-corrected chi connectivity index (χ4v) is 5.45. The monoisotopic (exact) mass is 562 g/mol. The lowest BCUT2D eigenvalue weighted by Gasteiger charge is -2.34. The van der Waals surface area contributed by atoms with Gasteiger partial charge in [-0.25, -0.2) is 4.79 Å². The van der Waals surface area contributed by atoms with Gasteiger partial charge in [-0.2, -0.15) is 13.2 Å². The number of nitrogens with zero attached hydrogens (tertiary/aromatic N) is 2. The van der Waals surface area contributed by atoms with Crippen LogP contribution in [-0.2, 0) is 22.3 Å². The zero-order chi connectivity index (χ0) is 29.0. The minimum absolute atomic E-state index is 0.0600. The van der Waals surface area contributed by atoms with E-state index in [0.29, 0.717) is 44.3 Å². The number of alkyl halides is 3. The zero-order valence-electron chi connectivity index (χ0n) is 23.2. The lowest BCUT2D eigenvalue weighted by molar-refractivity contribution is -0.138. The minimum Gasteiger partial charge on any atom is -0.478 e. The molecule has 1 N–H and O–H groups in total. The number of amides is 1. The highest BCUT2D eigenvalue weighted by molar-refractivity contribution is 6.03. The number of rotatable bonds is 8. The van der Waals surface area contributed by atoms with E-state index in [1.54, 1.807) is 6.07 Å². The summed E-state index contributed by atoms with van der Waals surface area (Å²) in [6, 6.07) is 7.65. The summed E-state index contributed by atoms with van der Waals surface area (Å²) in [5, 5.41) is 10.0. The normalized spacial score (nSPS) is 20.4. The number of carbonyl (C=O) groups excluding carboxylic acids is 1. The predicted molar refractivity (Wildman–Crippen MR) is 145 cm³/mol. The molecule has 40 heavy (non-hydrogen) atoms. The maximum absolute atomic E-state index is 14.0. The highest BCUT2D eigenvalue weighted by atomic mass is 19.4. The fourth-order valence-electron chi connectivity index (χ4n) is 5.45. The first kappa shape index (κ1) is 29.9. The molecule has 0 spiro atoms. The molecule has 10 heteroatoms. The maximum Gasteiger partial charge on any atom is 0.419 e. The van der Waals surface area contributed by atoms with Crippen LogP contribution in [0.25, 0.3) is 0 Å². The van der Waals surface area contributed by atoms with Crippen LogP contribution in [0, 0.1) is 11.8 Å². The Kier molecular flexibility index (Phi) is 9.41. The number of ether oxygens (including phenoxy) is 2. The first-order valence-corrected chi connectivity index (χ1v) is 13.8. The number of halogens is 3. The van der Waals surface area contributed by atoms with E-state index >= 15 is 0 Å². The molecule has 0 aromatic heterocycles. The van der Waals surface area contributed by atoms with E-state index in [4.69, 9.17) is 9.47 Å². The number of morpholine rings is 1. The van der Waals surface area contributed by atoms with E-state index in [0.717, 1.165) is 31.7 Å². The van der Waals surface area contributed by atoms with Crippen molar-refractivity contribution in [3.8, 4) is 11.5 Å². The molecule has 2 fully saturated rings. The van der Waals surface area contributed by atoms with Crippen LogP contribution in [0.5, 0.6) is 11.5 Å². The van der Waals surface area contributed by atoms with Crippen molar-refractivity contribution in [1.29, 1.82) is 0 Å². The van der Waals surface area contributed by atoms with Crippen LogP contribution in [0.3, 0.4) is 0 Å². The van der Waals surface area contributed by atoms with E-state index in [2.05, 4.69) is 6.92 Å². The Balaban J connectivity index is 1.61. The number of carboxylic acids is 1. The fraction of sp³-hybridized carbons (Fsp3) is 0.533. The smallest absolute Gasteiger partial charge is 0.419 e. The molecule has 218 valence electrons. The molecule has 1 saturated heterocycles. The summed E-state index contributed by atoms with van der Waals surface area (Å²) in [6.07, 6.45) is -1.31. The molecule has 1 heterocycles. The minimum atomic E-state index is -4.68. The molecule has 1 aliphatic heterocycles. The third kappa shape index (κ3) is 7.14. The van der Waals surface area contributed by atoms with Crippen LogP contribution in [0.4, 0.5) is 18.9 Å². The Morgan fingerprint density at radius 2 is 1.75 bits per heavy atom. The van der Waals surface area contributed by atoms with Crippen molar-refractivity contribution in [2.75, 3.05) is 31.2 Å². The van der Waals surface area contributed by atoms with Crippen LogP contribution in [0.1, 0.15) is 67.9 Å². The van der Waals surface area contributed by atoms with Crippen molar-refractivity contribution in [2.24, 2.45) is 11.8 Å². The lowest BCUT2D eigenvalue weighted by atomic mass is 9.82. The molecule has 4 rings (SSSR count). The third-order valence-electron chi connectivity index (χ3n) is 7.66. The first-order valence-electron chi connectivity index (χ1n) is 13.8. The first-order chi connectivity index (χ1) is 18.9. The van der Waals surface area contributed by atoms with Crippen molar-refractivity contribution >= 4 is 17.6 Å². The molecular formula is C30H37F3N2O5. The summed E-state index contributed by atoms with van der Waals surface area (Å²) in [5.41, 5.74) is -0.451. The van der Waals surface area contributed by atoms with E-state index in [9.17, 15) is 27.9 Å². The molecule has 1 aliphatic carbocycles. The van der Waals surface area contributed by atoms with Crippen LogP contribution in [0.2, 0.25) is 0 Å². The van der Waals surface area contributed by atoms with Gasteiger partial charge < -0.3 is 19.5 Å². The molecule has 2 aromatic carbocycles. The second kappa shape index (κ2) is 12.6. The zero-order valence-corrected chi connectivity index (χ0v) is 23.2. The van der Waals surface area contributed by atoms with Crippen LogP contribution < -0.4 is 9.64 Å². The Morgan fingerprint density at radius 1 is 1.07 bits per heavy atom. The van der Waals surface area contributed by atoms with Gasteiger partial charge in [0.2, 0.25) is 5.91 Å². The number of hydrogen-bond donors (Lipinski definition) is 1. The molecule has 0 radical (unpaired) electrons. The Bertz CT molecular complexity index is 1200. The van der Waals surface area contributed by atoms with Crippen molar-refractivity contribution in [3.63, 3.8) is 0 Å². The quantitative estimate of drug-likeness (QED) is 0.391. The number of anilines is 1. The van der Waals surface area contributed by atoms with Crippen LogP contribution in [0.15, 0.2) is 36.4 Å². The largest absolute Gasteiger partial charge is 0.478 e. The van der Waals surface area contributed by atoms with Gasteiger partial charge in [0, 0.05) is 31.6 Å². The standard InChI is InChI=1S/C30H37F3N2O5/c1-19(2)35(28(36)22-7-4-20(3)5-8-22)26-10-9-23(17-24(26)29(37)38)40-27-11-6-21(16-25(27)30(31,32)33)18-34-12-14-39-15-13-34/h6,9-11,16-17,19-20,22H,4-5,7-8,12-15,18H2,1-3H3,(H,37,38). The Morgan fingerprint density at radius 3 is 2.35 bits per heavy atom. The second-order valence-electron chi connectivity index (χ2n) is 11.1. The van der Waals surface area contributed by atoms with Gasteiger partial charge in [-0.05, 0) is 81.3 Å². The molecule has 0 atom stereocenters. The number of carbonyl (C=O) groups is 2. The van der Waals surface area contributed by atoms with Crippen molar-refractivity contribution in [1.82, 2.24) is 4.90 Å². The van der Waals surface area contributed by atoms with Crippen LogP contribution >= 0.6 is 0 Å². The molecule has 0 bridgehead atoms. The predicted octanol–water partition coefficient (Wildman–Crippen LogP) is 6.60. The van der Waals surface area contributed by atoms with Crippen molar-refractivity contribution in [2.45, 2.75) is 65.2 Å². The molecule has 0 unspecified atom stereocenters. The van der Waals surface area contributed by atoms with Gasteiger partial charge in [-0.15, -0.1) is 0 Å². The van der Waals surface area contributed by atoms with Gasteiger partial charge in [-0.1, -0.05) is 13.0 Å². The number of hydrogen-bond acceptors (Lipinski definition) is 5. The van der Waals surface area contributed by atoms with E-state index in [-0.39, 0.29) is 34.9 Å². The average Bonchev–Trinajstić information content (AvgIpc) is 2.90. The van der Waals surface area contributed by atoms with Crippen molar-refractivity contribution in [3.05, 3.63) is 53.1 Å². The summed E-state index contributed by atoms with van der Waals surface area (Å²) >= 11 is 0. The third-order valence-corrected chi connectivity index (χ3v) is 7.66. The van der Waals surface area contributed by atoms with Crippen LogP contribution in [-0.4, -0.2) is 54.2 Å². The highest BCUT2D eigenvalue weighted by Crippen LogP contribution is 2.40. The number of aromatic carboxylic acids is 1. The highest BCUT2D eigenvalue weighted by Gasteiger charge is 2.36. The SMILES string of the molecule is CC1CCC(C(=O)N(c2ccc(Oc3ccc(CN4CCOCC4)cc3C(F)(F)F)cc2C(=O)O)C(C)C)CC1. The Labute approximate surface area is 232 Å². The number of benzene rings is 2. The number of carboxylic acid groups (broad SMARTS) is 1. The van der Waals surface area contributed by atoms with Gasteiger partial charge in [0.05, 0.1) is 30.0 Å². The summed E-state index contributed by atoms with van der Waals surface area (Å²) in [4.78, 5) is 29.3. The van der Waals surface area contributed by atoms with Gasteiger partial charge in [0.1, 0.15) is 11.5 Å². The topological polar surface area (TPSA) is 79.3 Å². The van der Waals surface area contributed by atoms with E-state index < -0.39 is 23.5 Å². The summed E-state index contributed by atoms with van der Waals surface area (Å²) in [7, 11) is 0. The lowest BCUT2D eigenvalue weighted by Crippen LogP contribution is -2.42. The van der Waals surface area contributed by atoms with Gasteiger partial charge in [0.25, 0.3) is 0 Å². The molecule has 7 nitrogen and oxygen atoms in total. The van der Waals surface area contributed by atoms with Crippen molar-refractivity contribution < 1.29 is 37.3 Å². The van der Waals surface area contributed by atoms with E-state index in [1.807, 2.05) is 18.7 Å². The molecule has 2 aromatic rings. The molecular weight excluding hydrogens is 525 g/mol. The van der Waals surface area contributed by atoms with Gasteiger partial charge in [-0.3, -0.25) is 9.69 Å². The molecule has 1 saturated carbocycles. The summed E-state index contributed by atoms with van der Waals surface area (Å²) < 4.78 is 53.0. The maximum atomic E-state index is 14.0. The summed E-state index contributed by atoms with van der Waals surface area (Å²) in [6.45, 7) is 8.48.